The van der Waals surface area contributed by atoms with E-state index in [1.165, 1.54) is 40.7 Å². The van der Waals surface area contributed by atoms with Crippen LogP contribution in [0.3, 0.4) is 0 Å². The molecule has 5 nitrogen and oxygen atoms in total. The number of fused-ring (bicyclic) bond motifs is 2. The number of esters is 1. The van der Waals surface area contributed by atoms with Crippen molar-refractivity contribution in [3.05, 3.63) is 53.0 Å². The van der Waals surface area contributed by atoms with Gasteiger partial charge in [0.25, 0.3) is 0 Å². The van der Waals surface area contributed by atoms with Crippen molar-refractivity contribution < 1.29 is 9.53 Å². The first-order valence-corrected chi connectivity index (χ1v) is 11.2. The van der Waals surface area contributed by atoms with Gasteiger partial charge >= 0.3 is 5.97 Å². The Kier molecular flexibility index (Phi) is 4.87. The standard InChI is InChI=1S/C23H23N3O2S/c1-2-28-21(27)14-29-23-25-19-8-5-13-24-22(19)26(23)20-12-11-16(15-9-10-15)17-6-3-4-7-18(17)20/h3-8,13,15H,2,9-12,14H2,1H3. The molecule has 0 aliphatic heterocycles. The highest BCUT2D eigenvalue weighted by Crippen LogP contribution is 2.40. The molecule has 29 heavy (non-hydrogen) atoms. The summed E-state index contributed by atoms with van der Waals surface area (Å²) >= 11 is 1.42. The third kappa shape index (κ3) is 3.46. The maximum atomic E-state index is 11.9. The normalized spacial score (nSPS) is 16.2. The molecule has 0 radical (unpaired) electrons. The number of nitrogens with zero attached hydrogens (tertiary/aromatic N) is 3. The van der Waals surface area contributed by atoms with Gasteiger partial charge in [-0.2, -0.15) is 0 Å². The molecule has 148 valence electrons. The van der Waals surface area contributed by atoms with Crippen LogP contribution in [0.1, 0.15) is 32.6 Å². The molecule has 0 unspecified atom stereocenters. The van der Waals surface area contributed by atoms with Crippen molar-refractivity contribution in [3.8, 4) is 0 Å². The van der Waals surface area contributed by atoms with Crippen LogP contribution in [0.2, 0.25) is 0 Å². The summed E-state index contributed by atoms with van der Waals surface area (Å²) in [6.07, 6.45) is 6.46. The van der Waals surface area contributed by atoms with Crippen LogP contribution < -0.4 is 10.4 Å². The summed E-state index contributed by atoms with van der Waals surface area (Å²) in [6.45, 7) is 2.21. The summed E-state index contributed by atoms with van der Waals surface area (Å²) < 4.78 is 7.26. The molecule has 0 atom stereocenters. The van der Waals surface area contributed by atoms with Crippen LogP contribution in [0.25, 0.3) is 22.4 Å². The smallest absolute Gasteiger partial charge is 0.316 e. The van der Waals surface area contributed by atoms with Gasteiger partial charge in [0.05, 0.1) is 12.4 Å². The Morgan fingerprint density at radius 1 is 1.17 bits per heavy atom. The fourth-order valence-electron chi connectivity index (χ4n) is 4.18. The van der Waals surface area contributed by atoms with Crippen LogP contribution in [0.4, 0.5) is 0 Å². The lowest BCUT2D eigenvalue weighted by molar-refractivity contribution is -0.139. The second-order valence-corrected chi connectivity index (χ2v) is 8.40. The number of aromatic nitrogens is 3. The largest absolute Gasteiger partial charge is 0.465 e. The van der Waals surface area contributed by atoms with Crippen molar-refractivity contribution in [3.63, 3.8) is 0 Å². The second kappa shape index (κ2) is 7.67. The summed E-state index contributed by atoms with van der Waals surface area (Å²) in [5.74, 6) is 0.779. The first-order valence-electron chi connectivity index (χ1n) is 10.2. The predicted octanol–water partition coefficient (Wildman–Crippen LogP) is 3.10. The van der Waals surface area contributed by atoms with Crippen molar-refractivity contribution >= 4 is 40.2 Å². The van der Waals surface area contributed by atoms with Gasteiger partial charge in [-0.05, 0) is 55.9 Å². The molecular formula is C23H23N3O2S. The van der Waals surface area contributed by atoms with E-state index in [2.05, 4.69) is 33.8 Å². The van der Waals surface area contributed by atoms with Crippen LogP contribution >= 0.6 is 11.8 Å². The molecule has 1 saturated carbocycles. The van der Waals surface area contributed by atoms with Crippen LogP contribution in [-0.4, -0.2) is 32.9 Å². The lowest BCUT2D eigenvalue weighted by Crippen LogP contribution is -2.34. The predicted molar refractivity (Wildman–Crippen MR) is 115 cm³/mol. The van der Waals surface area contributed by atoms with Crippen molar-refractivity contribution in [1.29, 1.82) is 0 Å². The van der Waals surface area contributed by atoms with Gasteiger partial charge in [-0.25, -0.2) is 9.97 Å². The maximum Gasteiger partial charge on any atom is 0.316 e. The fourth-order valence-corrected chi connectivity index (χ4v) is 5.00. The molecule has 1 aromatic carbocycles. The minimum atomic E-state index is -0.220. The average Bonchev–Trinajstić information content (AvgIpc) is 3.52. The van der Waals surface area contributed by atoms with E-state index < -0.39 is 0 Å². The van der Waals surface area contributed by atoms with Gasteiger partial charge in [-0.3, -0.25) is 9.36 Å². The molecule has 0 amide bonds. The lowest BCUT2D eigenvalue weighted by Gasteiger charge is -2.19. The molecule has 3 aromatic rings. The van der Waals surface area contributed by atoms with Crippen molar-refractivity contribution in [2.45, 2.75) is 37.8 Å². The molecule has 0 spiro atoms. The number of benzene rings is 1. The number of thioether (sulfide) groups is 1. The zero-order valence-electron chi connectivity index (χ0n) is 16.4. The van der Waals surface area contributed by atoms with E-state index in [4.69, 9.17) is 9.72 Å². The molecule has 2 heterocycles. The van der Waals surface area contributed by atoms with E-state index >= 15 is 0 Å². The van der Waals surface area contributed by atoms with Crippen LogP contribution in [0.15, 0.2) is 47.8 Å². The van der Waals surface area contributed by atoms with E-state index in [-0.39, 0.29) is 11.7 Å². The summed E-state index contributed by atoms with van der Waals surface area (Å²) in [4.78, 5) is 21.3. The zero-order valence-corrected chi connectivity index (χ0v) is 17.2. The Bertz CT molecular complexity index is 1210. The molecule has 5 rings (SSSR count). The molecular weight excluding hydrogens is 382 g/mol. The molecule has 2 aliphatic carbocycles. The molecule has 2 aliphatic rings. The highest BCUT2D eigenvalue weighted by Gasteiger charge is 2.29. The Morgan fingerprint density at radius 2 is 2.00 bits per heavy atom. The third-order valence-corrected chi connectivity index (χ3v) is 6.48. The number of hydrogen-bond acceptors (Lipinski definition) is 5. The number of imidazole rings is 1. The summed E-state index contributed by atoms with van der Waals surface area (Å²) in [5.41, 5.74) is 4.51. The Hall–Kier alpha value is -2.60. The summed E-state index contributed by atoms with van der Waals surface area (Å²) in [5, 5.41) is 3.44. The zero-order chi connectivity index (χ0) is 19.8. The monoisotopic (exact) mass is 405 g/mol. The van der Waals surface area contributed by atoms with Crippen LogP contribution in [0.5, 0.6) is 0 Å². The molecule has 0 saturated heterocycles. The third-order valence-electron chi connectivity index (χ3n) is 5.56. The maximum absolute atomic E-state index is 11.9. The van der Waals surface area contributed by atoms with Gasteiger partial charge in [0.15, 0.2) is 10.8 Å². The molecule has 6 heteroatoms. The Labute approximate surface area is 173 Å². The van der Waals surface area contributed by atoms with Gasteiger partial charge in [-0.15, -0.1) is 0 Å². The Morgan fingerprint density at radius 3 is 2.79 bits per heavy atom. The van der Waals surface area contributed by atoms with Gasteiger partial charge in [0, 0.05) is 17.1 Å². The number of rotatable bonds is 6. The number of ether oxygens (including phenoxy) is 1. The number of pyridine rings is 1. The van der Waals surface area contributed by atoms with Gasteiger partial charge < -0.3 is 4.74 Å². The SMILES string of the molecule is CCOC(=O)CSc1nc2cccnc2n1C1=c2ccccc2=C(C2CC2)CC1. The molecule has 1 fully saturated rings. The topological polar surface area (TPSA) is 57.0 Å². The molecule has 0 N–H and O–H groups in total. The first-order chi connectivity index (χ1) is 14.3. The second-order valence-electron chi connectivity index (χ2n) is 7.46. The summed E-state index contributed by atoms with van der Waals surface area (Å²) in [7, 11) is 0. The van der Waals surface area contributed by atoms with Crippen molar-refractivity contribution in [2.75, 3.05) is 12.4 Å². The highest BCUT2D eigenvalue weighted by molar-refractivity contribution is 7.99. The van der Waals surface area contributed by atoms with Gasteiger partial charge in [-0.1, -0.05) is 41.6 Å². The van der Waals surface area contributed by atoms with Crippen molar-refractivity contribution in [1.82, 2.24) is 14.5 Å². The van der Waals surface area contributed by atoms with Crippen molar-refractivity contribution in [2.24, 2.45) is 5.92 Å². The number of carbonyl (C=O) groups is 1. The molecule has 0 bridgehead atoms. The molecule has 2 aromatic heterocycles. The Balaban J connectivity index is 1.69. The van der Waals surface area contributed by atoms with E-state index in [0.717, 1.165) is 35.1 Å². The highest BCUT2D eigenvalue weighted by atomic mass is 32.2. The average molecular weight is 406 g/mol. The number of hydrogen-bond donors (Lipinski definition) is 0. The van der Waals surface area contributed by atoms with Gasteiger partial charge in [0.2, 0.25) is 0 Å². The van der Waals surface area contributed by atoms with E-state index in [1.54, 1.807) is 11.8 Å². The fraction of sp³-hybridized carbons (Fsp3) is 0.348. The van der Waals surface area contributed by atoms with E-state index in [0.29, 0.717) is 6.61 Å². The van der Waals surface area contributed by atoms with E-state index in [1.807, 2.05) is 19.1 Å². The van der Waals surface area contributed by atoms with Gasteiger partial charge in [0.1, 0.15) is 5.52 Å². The van der Waals surface area contributed by atoms with E-state index in [9.17, 15) is 4.79 Å². The minimum Gasteiger partial charge on any atom is -0.465 e. The summed E-state index contributed by atoms with van der Waals surface area (Å²) in [6, 6.07) is 12.6. The lowest BCUT2D eigenvalue weighted by atomic mass is 9.94. The first kappa shape index (κ1) is 18.4. The van der Waals surface area contributed by atoms with Crippen LogP contribution in [0, 0.1) is 5.92 Å². The minimum absolute atomic E-state index is 0.220. The number of carbonyl (C=O) groups excluding carboxylic acids is 1. The van der Waals surface area contributed by atoms with Crippen LogP contribution in [-0.2, 0) is 9.53 Å². The quantitative estimate of drug-likeness (QED) is 0.466.